The molecule has 0 spiro atoms. The van der Waals surface area contributed by atoms with E-state index < -0.39 is 25.0 Å². The molecule has 0 aliphatic carbocycles. The molecule has 0 bridgehead atoms. The van der Waals surface area contributed by atoms with Crippen molar-refractivity contribution in [2.75, 3.05) is 12.3 Å². The van der Waals surface area contributed by atoms with Crippen LogP contribution in [-0.4, -0.2) is 43.0 Å². The van der Waals surface area contributed by atoms with Gasteiger partial charge in [0.15, 0.2) is 5.82 Å². The maximum absolute atomic E-state index is 14.5. The van der Waals surface area contributed by atoms with Gasteiger partial charge in [-0.2, -0.15) is 27.3 Å². The number of nitrogens with zero attached hydrogens (tertiary/aromatic N) is 6. The van der Waals surface area contributed by atoms with Gasteiger partial charge in [-0.1, -0.05) is 22.9 Å². The summed E-state index contributed by atoms with van der Waals surface area (Å²) in [4.78, 5) is 4.35. The van der Waals surface area contributed by atoms with E-state index in [0.29, 0.717) is 21.5 Å². The number of halogens is 6. The molecule has 2 N–H and O–H groups in total. The zero-order valence-electron chi connectivity index (χ0n) is 17.7. The van der Waals surface area contributed by atoms with E-state index in [0.717, 1.165) is 6.20 Å². The summed E-state index contributed by atoms with van der Waals surface area (Å²) in [5.41, 5.74) is 7.43. The Morgan fingerprint density at radius 3 is 2.46 bits per heavy atom. The molecule has 35 heavy (non-hydrogen) atoms. The fourth-order valence-corrected chi connectivity index (χ4v) is 3.60. The van der Waals surface area contributed by atoms with Crippen LogP contribution in [0.4, 0.5) is 27.6 Å². The number of nitrogens with two attached hydrogens (primary N) is 1. The van der Waals surface area contributed by atoms with Crippen LogP contribution in [0.2, 0.25) is 5.02 Å². The smallest absolute Gasteiger partial charge is 0.345 e. The van der Waals surface area contributed by atoms with E-state index in [4.69, 9.17) is 17.3 Å². The van der Waals surface area contributed by atoms with Crippen LogP contribution in [0.25, 0.3) is 22.4 Å². The number of alkyl halides is 4. The van der Waals surface area contributed by atoms with Crippen LogP contribution >= 0.6 is 11.6 Å². The number of ether oxygens (including phenoxy) is 1. The Kier molecular flexibility index (Phi) is 7.26. The predicted octanol–water partition coefficient (Wildman–Crippen LogP) is 5.19. The topological polar surface area (TPSA) is 96.7 Å². The van der Waals surface area contributed by atoms with Gasteiger partial charge in [-0.3, -0.25) is 9.67 Å². The Bertz CT molecular complexity index is 1300. The Balaban J connectivity index is 1.64. The van der Waals surface area contributed by atoms with Gasteiger partial charge in [-0.15, -0.1) is 5.10 Å². The molecular formula is C21H17ClF5N7O. The van der Waals surface area contributed by atoms with Gasteiger partial charge in [0.1, 0.15) is 5.69 Å². The molecule has 0 fully saturated rings. The summed E-state index contributed by atoms with van der Waals surface area (Å²) in [7, 11) is 0. The lowest BCUT2D eigenvalue weighted by atomic mass is 10.0. The molecule has 4 rings (SSSR count). The predicted molar refractivity (Wildman–Crippen MR) is 116 cm³/mol. The maximum Gasteiger partial charge on any atom is 0.345 e. The molecule has 1 atom stereocenters. The third-order valence-electron chi connectivity index (χ3n) is 5.11. The number of hydrogen-bond donors (Lipinski definition) is 1. The van der Waals surface area contributed by atoms with Crippen LogP contribution in [0.1, 0.15) is 24.7 Å². The van der Waals surface area contributed by atoms with Crippen molar-refractivity contribution in [1.82, 2.24) is 29.8 Å². The molecule has 0 aliphatic rings. The van der Waals surface area contributed by atoms with E-state index in [1.165, 1.54) is 35.4 Å². The molecule has 3 heterocycles. The van der Waals surface area contributed by atoms with Crippen molar-refractivity contribution >= 4 is 17.3 Å². The molecule has 3 aromatic heterocycles. The van der Waals surface area contributed by atoms with Crippen molar-refractivity contribution in [1.29, 1.82) is 0 Å². The average Bonchev–Trinajstić information content (AvgIpc) is 3.50. The highest BCUT2D eigenvalue weighted by atomic mass is 35.5. The SMILES string of the molecule is Nc1ccc(Cl)c(F)c1-c1ccc(C(CCOC(F)F)n2cc(-c3cn(C(F)F)nn3)cn2)nc1. The molecule has 8 nitrogen and oxygen atoms in total. The van der Waals surface area contributed by atoms with Crippen LogP contribution in [0, 0.1) is 5.82 Å². The number of hydrogen-bond acceptors (Lipinski definition) is 6. The fourth-order valence-electron chi connectivity index (χ4n) is 3.44. The number of nitrogen functional groups attached to an aromatic ring is 1. The number of anilines is 1. The largest absolute Gasteiger partial charge is 0.398 e. The van der Waals surface area contributed by atoms with Gasteiger partial charge in [-0.25, -0.2) is 4.39 Å². The van der Waals surface area contributed by atoms with E-state index in [9.17, 15) is 22.0 Å². The zero-order valence-corrected chi connectivity index (χ0v) is 18.5. The number of pyridine rings is 1. The van der Waals surface area contributed by atoms with Gasteiger partial charge < -0.3 is 10.5 Å². The summed E-state index contributed by atoms with van der Waals surface area (Å²) in [5, 5.41) is 11.1. The Hall–Kier alpha value is -3.58. The Morgan fingerprint density at radius 2 is 1.80 bits per heavy atom. The van der Waals surface area contributed by atoms with Gasteiger partial charge in [0, 0.05) is 34.8 Å². The third kappa shape index (κ3) is 5.41. The van der Waals surface area contributed by atoms with E-state index in [1.54, 1.807) is 12.1 Å². The second-order valence-electron chi connectivity index (χ2n) is 7.30. The molecule has 1 unspecified atom stereocenters. The summed E-state index contributed by atoms with van der Waals surface area (Å²) in [6.45, 7) is -6.14. The van der Waals surface area contributed by atoms with Crippen molar-refractivity contribution in [3.05, 3.63) is 65.6 Å². The monoisotopic (exact) mass is 513 g/mol. The quantitative estimate of drug-likeness (QED) is 0.244. The van der Waals surface area contributed by atoms with Crippen molar-refractivity contribution < 1.29 is 26.7 Å². The van der Waals surface area contributed by atoms with Crippen molar-refractivity contribution in [3.63, 3.8) is 0 Å². The summed E-state index contributed by atoms with van der Waals surface area (Å²) >= 11 is 5.86. The third-order valence-corrected chi connectivity index (χ3v) is 5.40. The highest BCUT2D eigenvalue weighted by Gasteiger charge is 2.21. The highest BCUT2D eigenvalue weighted by molar-refractivity contribution is 6.31. The molecule has 0 saturated carbocycles. The lowest BCUT2D eigenvalue weighted by Gasteiger charge is -2.18. The van der Waals surface area contributed by atoms with Crippen LogP contribution in [-0.2, 0) is 4.74 Å². The standard InChI is InChI=1S/C21H17ClF5N7O/c22-13-2-3-14(28)18(19(13)23)11-1-4-15(29-7-11)17(5-6-35-21(26)27)33-9-12(8-30-33)16-10-34(20(24)25)32-31-16/h1-4,7-10,17,20-21H,5-6,28H2. The van der Waals surface area contributed by atoms with Gasteiger partial charge in [0.25, 0.3) is 0 Å². The van der Waals surface area contributed by atoms with E-state index in [2.05, 4.69) is 25.1 Å². The first-order chi connectivity index (χ1) is 16.7. The number of aromatic nitrogens is 6. The molecule has 0 amide bonds. The molecule has 0 saturated heterocycles. The van der Waals surface area contributed by atoms with Gasteiger partial charge >= 0.3 is 13.2 Å². The normalized spacial score (nSPS) is 12.6. The van der Waals surface area contributed by atoms with E-state index in [-0.39, 0.29) is 35.0 Å². The minimum Gasteiger partial charge on any atom is -0.398 e. The van der Waals surface area contributed by atoms with Crippen LogP contribution in [0.5, 0.6) is 0 Å². The first-order valence-corrected chi connectivity index (χ1v) is 10.5. The molecule has 1 aromatic carbocycles. The summed E-state index contributed by atoms with van der Waals surface area (Å²) in [5.74, 6) is -0.698. The second-order valence-corrected chi connectivity index (χ2v) is 7.71. The molecule has 184 valence electrons. The number of rotatable bonds is 9. The minimum absolute atomic E-state index is 0.0508. The number of benzene rings is 1. The lowest BCUT2D eigenvalue weighted by molar-refractivity contribution is -0.130. The Labute approximate surface area is 200 Å². The van der Waals surface area contributed by atoms with Crippen LogP contribution in [0.15, 0.2) is 49.1 Å². The van der Waals surface area contributed by atoms with Crippen LogP contribution in [0.3, 0.4) is 0 Å². The minimum atomic E-state index is -2.96. The van der Waals surface area contributed by atoms with Crippen LogP contribution < -0.4 is 5.73 Å². The summed E-state index contributed by atoms with van der Waals surface area (Å²) < 4.78 is 71.4. The molecule has 0 aliphatic heterocycles. The maximum atomic E-state index is 14.5. The molecule has 0 radical (unpaired) electrons. The van der Waals surface area contributed by atoms with Gasteiger partial charge in [0.2, 0.25) is 0 Å². The first kappa shape index (κ1) is 24.5. The van der Waals surface area contributed by atoms with Gasteiger partial charge in [-0.05, 0) is 24.6 Å². The summed E-state index contributed by atoms with van der Waals surface area (Å²) in [6, 6.07) is 5.26. The first-order valence-electron chi connectivity index (χ1n) is 10.1. The fraction of sp³-hybridized carbons (Fsp3) is 0.238. The summed E-state index contributed by atoms with van der Waals surface area (Å²) in [6.07, 6.45) is 5.35. The highest BCUT2D eigenvalue weighted by Crippen LogP contribution is 2.33. The molecule has 14 heteroatoms. The van der Waals surface area contributed by atoms with Crippen molar-refractivity contribution in [2.24, 2.45) is 0 Å². The van der Waals surface area contributed by atoms with E-state index in [1.807, 2.05) is 0 Å². The van der Waals surface area contributed by atoms with Gasteiger partial charge in [0.05, 0.1) is 35.8 Å². The van der Waals surface area contributed by atoms with Crippen molar-refractivity contribution in [2.45, 2.75) is 25.6 Å². The average molecular weight is 514 g/mol. The molecular weight excluding hydrogens is 497 g/mol. The van der Waals surface area contributed by atoms with Crippen molar-refractivity contribution in [3.8, 4) is 22.4 Å². The Morgan fingerprint density at radius 1 is 1.00 bits per heavy atom. The second kappa shape index (κ2) is 10.4. The molecule has 4 aromatic rings. The lowest BCUT2D eigenvalue weighted by Crippen LogP contribution is -2.16. The zero-order chi connectivity index (χ0) is 25.1. The van der Waals surface area contributed by atoms with E-state index >= 15 is 0 Å².